The van der Waals surface area contributed by atoms with Gasteiger partial charge in [0.25, 0.3) is 0 Å². The lowest BCUT2D eigenvalue weighted by Gasteiger charge is -2.20. The highest BCUT2D eigenvalue weighted by Crippen LogP contribution is 2.28. The van der Waals surface area contributed by atoms with Crippen LogP contribution in [0.15, 0.2) is 23.1 Å². The van der Waals surface area contributed by atoms with Gasteiger partial charge in [-0.2, -0.15) is 0 Å². The smallest absolute Gasteiger partial charge is 0.134 e. The molecule has 0 bridgehead atoms. The number of benzene rings is 1. The average Bonchev–Trinajstić information content (AvgIpc) is 2.32. The lowest BCUT2D eigenvalue weighted by molar-refractivity contribution is -0.120. The van der Waals surface area contributed by atoms with E-state index >= 15 is 0 Å². The molecule has 5 heteroatoms. The lowest BCUT2D eigenvalue weighted by Crippen LogP contribution is -2.24. The molecule has 0 amide bonds. The summed E-state index contributed by atoms with van der Waals surface area (Å²) in [6, 6.07) is 4.98. The minimum atomic E-state index is -1.17. The quantitative estimate of drug-likeness (QED) is 0.834. The minimum Gasteiger partial charge on any atom is -0.300 e. The van der Waals surface area contributed by atoms with Crippen LogP contribution in [0.5, 0.6) is 0 Å². The van der Waals surface area contributed by atoms with Crippen LogP contribution in [0.3, 0.4) is 0 Å². The predicted octanol–water partition coefficient (Wildman–Crippen LogP) is 3.61. The molecular weight excluding hydrogens is 279 g/mol. The Labute approximate surface area is 113 Å². The van der Waals surface area contributed by atoms with Gasteiger partial charge in [-0.05, 0) is 31.0 Å². The molecule has 17 heavy (non-hydrogen) atoms. The van der Waals surface area contributed by atoms with E-state index in [1.165, 1.54) is 0 Å². The molecule has 1 aliphatic rings. The number of ketones is 1. The van der Waals surface area contributed by atoms with Gasteiger partial charge in [-0.1, -0.05) is 23.2 Å². The van der Waals surface area contributed by atoms with Crippen molar-refractivity contribution in [3.8, 4) is 0 Å². The largest absolute Gasteiger partial charge is 0.300 e. The second-order valence-electron chi connectivity index (χ2n) is 4.13. The topological polar surface area (TPSA) is 34.1 Å². The van der Waals surface area contributed by atoms with Crippen LogP contribution in [0, 0.1) is 0 Å². The first kappa shape index (κ1) is 13.1. The van der Waals surface area contributed by atoms with E-state index in [1.807, 2.05) is 0 Å². The molecule has 2 nitrogen and oxygen atoms in total. The van der Waals surface area contributed by atoms with Gasteiger partial charge in [-0.25, -0.2) is 0 Å². The molecule has 1 fully saturated rings. The van der Waals surface area contributed by atoms with Crippen LogP contribution < -0.4 is 0 Å². The summed E-state index contributed by atoms with van der Waals surface area (Å²) in [5.74, 6) is 0.203. The highest BCUT2D eigenvalue weighted by molar-refractivity contribution is 7.85. The van der Waals surface area contributed by atoms with Crippen molar-refractivity contribution in [2.24, 2.45) is 0 Å². The molecule has 92 valence electrons. The number of rotatable bonds is 2. The van der Waals surface area contributed by atoms with Gasteiger partial charge < -0.3 is 0 Å². The summed E-state index contributed by atoms with van der Waals surface area (Å²) < 4.78 is 12.3. The van der Waals surface area contributed by atoms with Gasteiger partial charge in [0.15, 0.2) is 0 Å². The normalized spacial score (nSPS) is 22.5. The zero-order valence-electron chi connectivity index (χ0n) is 9.12. The fraction of sp³-hybridized carbons (Fsp3) is 0.417. The Kier molecular flexibility index (Phi) is 4.23. The molecule has 1 aromatic carbocycles. The molecule has 1 aliphatic carbocycles. The molecule has 2 unspecified atom stereocenters. The number of Topliss-reactive ketones (excluding diaryl/α,β-unsaturated/α-hetero) is 1. The summed E-state index contributed by atoms with van der Waals surface area (Å²) in [6.07, 6.45) is 2.69. The van der Waals surface area contributed by atoms with E-state index in [4.69, 9.17) is 23.2 Å². The summed E-state index contributed by atoms with van der Waals surface area (Å²) in [4.78, 5) is 12.0. The van der Waals surface area contributed by atoms with Crippen LogP contribution in [0.1, 0.15) is 25.7 Å². The maximum atomic E-state index is 12.3. The van der Waals surface area contributed by atoms with Crippen LogP contribution in [0.2, 0.25) is 10.0 Å². The van der Waals surface area contributed by atoms with Crippen LogP contribution in [0.25, 0.3) is 0 Å². The molecule has 2 rings (SSSR count). The zero-order chi connectivity index (χ0) is 12.4. The van der Waals surface area contributed by atoms with E-state index in [2.05, 4.69) is 0 Å². The van der Waals surface area contributed by atoms with Crippen LogP contribution in [-0.2, 0) is 15.6 Å². The SMILES string of the molecule is O=C1CCCC(S(=O)c2ccc(Cl)c(Cl)c2)C1. The summed E-state index contributed by atoms with van der Waals surface area (Å²) in [6.45, 7) is 0. The van der Waals surface area contributed by atoms with E-state index < -0.39 is 10.8 Å². The fourth-order valence-electron chi connectivity index (χ4n) is 1.96. The molecule has 0 aliphatic heterocycles. The lowest BCUT2D eigenvalue weighted by atomic mass is 9.99. The first-order valence-electron chi connectivity index (χ1n) is 5.45. The Morgan fingerprint density at radius 3 is 2.65 bits per heavy atom. The average molecular weight is 291 g/mol. The molecule has 2 atom stereocenters. The van der Waals surface area contributed by atoms with E-state index in [-0.39, 0.29) is 11.0 Å². The van der Waals surface area contributed by atoms with Gasteiger partial charge >= 0.3 is 0 Å². The molecule has 0 heterocycles. The highest BCUT2D eigenvalue weighted by Gasteiger charge is 2.25. The number of hydrogen-bond acceptors (Lipinski definition) is 2. The number of halogens is 2. The second kappa shape index (κ2) is 5.51. The minimum absolute atomic E-state index is 0.0755. The zero-order valence-corrected chi connectivity index (χ0v) is 11.4. The van der Waals surface area contributed by atoms with Crippen molar-refractivity contribution in [1.82, 2.24) is 0 Å². The van der Waals surface area contributed by atoms with Crippen molar-refractivity contribution in [1.29, 1.82) is 0 Å². The van der Waals surface area contributed by atoms with Gasteiger partial charge in [0.1, 0.15) is 5.78 Å². The Balaban J connectivity index is 2.18. The molecular formula is C12H12Cl2O2S. The molecule has 1 aromatic rings. The van der Waals surface area contributed by atoms with Crippen molar-refractivity contribution in [3.05, 3.63) is 28.2 Å². The van der Waals surface area contributed by atoms with Crippen LogP contribution in [0.4, 0.5) is 0 Å². The maximum Gasteiger partial charge on any atom is 0.134 e. The number of carbonyl (C=O) groups is 1. The van der Waals surface area contributed by atoms with Gasteiger partial charge in [0.2, 0.25) is 0 Å². The van der Waals surface area contributed by atoms with Crippen molar-refractivity contribution in [3.63, 3.8) is 0 Å². The fourth-order valence-corrected chi connectivity index (χ4v) is 3.86. The summed E-state index contributed by atoms with van der Waals surface area (Å²) >= 11 is 11.7. The Morgan fingerprint density at radius 1 is 1.24 bits per heavy atom. The van der Waals surface area contributed by atoms with Crippen molar-refractivity contribution >= 4 is 39.8 Å². The van der Waals surface area contributed by atoms with Crippen molar-refractivity contribution in [2.75, 3.05) is 0 Å². The highest BCUT2D eigenvalue weighted by atomic mass is 35.5. The Morgan fingerprint density at radius 2 is 2.00 bits per heavy atom. The Bertz CT molecular complexity index is 474. The van der Waals surface area contributed by atoms with Gasteiger partial charge in [-0.15, -0.1) is 0 Å². The van der Waals surface area contributed by atoms with Crippen molar-refractivity contribution in [2.45, 2.75) is 35.8 Å². The molecule has 0 radical (unpaired) electrons. The van der Waals surface area contributed by atoms with E-state index in [1.54, 1.807) is 18.2 Å². The van der Waals surface area contributed by atoms with Gasteiger partial charge in [-0.3, -0.25) is 9.00 Å². The summed E-state index contributed by atoms with van der Waals surface area (Å²) in [5.41, 5.74) is 0. The molecule has 0 saturated heterocycles. The third kappa shape index (κ3) is 3.09. The third-order valence-corrected chi connectivity index (χ3v) is 5.33. The Hall–Kier alpha value is -0.380. The van der Waals surface area contributed by atoms with Crippen molar-refractivity contribution < 1.29 is 9.00 Å². The van der Waals surface area contributed by atoms with E-state index in [0.717, 1.165) is 12.8 Å². The third-order valence-electron chi connectivity index (χ3n) is 2.86. The van der Waals surface area contributed by atoms with E-state index in [9.17, 15) is 9.00 Å². The van der Waals surface area contributed by atoms with Gasteiger partial charge in [0, 0.05) is 23.0 Å². The second-order valence-corrected chi connectivity index (χ2v) is 6.68. The number of carbonyl (C=O) groups excluding carboxylic acids is 1. The van der Waals surface area contributed by atoms with Gasteiger partial charge in [0.05, 0.1) is 20.8 Å². The predicted molar refractivity (Wildman–Crippen MR) is 70.1 cm³/mol. The molecule has 0 N–H and O–H groups in total. The van der Waals surface area contributed by atoms with Crippen LogP contribution in [-0.4, -0.2) is 15.2 Å². The summed E-state index contributed by atoms with van der Waals surface area (Å²) in [5, 5.41) is 0.778. The molecule has 0 aromatic heterocycles. The first-order chi connectivity index (χ1) is 8.08. The van der Waals surface area contributed by atoms with Crippen LogP contribution >= 0.6 is 23.2 Å². The molecule has 1 saturated carbocycles. The maximum absolute atomic E-state index is 12.3. The monoisotopic (exact) mass is 290 g/mol. The summed E-state index contributed by atoms with van der Waals surface area (Å²) in [7, 11) is -1.17. The number of hydrogen-bond donors (Lipinski definition) is 0. The first-order valence-corrected chi connectivity index (χ1v) is 7.42. The van der Waals surface area contributed by atoms with E-state index in [0.29, 0.717) is 27.8 Å². The standard InChI is InChI=1S/C12H12Cl2O2S/c13-11-5-4-10(7-12(11)14)17(16)9-3-1-2-8(15)6-9/h4-5,7,9H,1-3,6H2. The molecule has 0 spiro atoms.